The topological polar surface area (TPSA) is 29.9 Å². The number of nitrogens with zero attached hydrogens (tertiary/aromatic N) is 2. The zero-order chi connectivity index (χ0) is 13.8. The molecule has 2 aromatic rings. The van der Waals surface area contributed by atoms with E-state index in [0.29, 0.717) is 4.68 Å². The van der Waals surface area contributed by atoms with Crippen LogP contribution in [0, 0.1) is 11.6 Å². The zero-order valence-corrected chi connectivity index (χ0v) is 9.78. The average Bonchev–Trinajstić information content (AvgIpc) is 2.83. The van der Waals surface area contributed by atoms with Gasteiger partial charge in [0, 0.05) is 24.8 Å². The summed E-state index contributed by atoms with van der Waals surface area (Å²) in [4.78, 5) is 0. The van der Waals surface area contributed by atoms with Crippen molar-refractivity contribution in [3.63, 3.8) is 0 Å². The average molecular weight is 273 g/mol. The first-order valence-corrected chi connectivity index (χ1v) is 5.53. The Morgan fingerprint density at radius 1 is 1.16 bits per heavy atom. The Morgan fingerprint density at radius 2 is 1.95 bits per heavy atom. The summed E-state index contributed by atoms with van der Waals surface area (Å²) in [7, 11) is 0. The van der Waals surface area contributed by atoms with Crippen molar-refractivity contribution in [1.29, 1.82) is 0 Å². The van der Waals surface area contributed by atoms with Crippen molar-refractivity contribution in [1.82, 2.24) is 15.1 Å². The molecule has 0 spiro atoms. The molecule has 0 amide bonds. The summed E-state index contributed by atoms with van der Waals surface area (Å²) in [6, 6.07) is 5.26. The van der Waals surface area contributed by atoms with Gasteiger partial charge in [-0.3, -0.25) is 0 Å². The van der Waals surface area contributed by atoms with E-state index in [2.05, 4.69) is 10.4 Å². The molecule has 0 aliphatic heterocycles. The second-order valence-corrected chi connectivity index (χ2v) is 3.86. The van der Waals surface area contributed by atoms with Gasteiger partial charge in [0.05, 0.1) is 5.69 Å². The quantitative estimate of drug-likeness (QED) is 0.849. The lowest BCUT2D eigenvalue weighted by Gasteiger charge is -2.08. The number of nitrogens with one attached hydrogen (secondary N) is 1. The summed E-state index contributed by atoms with van der Waals surface area (Å²) in [6.07, 6.45) is 1.26. The second kappa shape index (κ2) is 5.83. The van der Waals surface area contributed by atoms with Crippen LogP contribution in [0.15, 0.2) is 30.5 Å². The molecule has 1 heterocycles. The number of alkyl halides is 2. The van der Waals surface area contributed by atoms with Crippen molar-refractivity contribution in [2.24, 2.45) is 0 Å². The van der Waals surface area contributed by atoms with Gasteiger partial charge in [-0.1, -0.05) is 12.1 Å². The van der Waals surface area contributed by atoms with E-state index in [1.54, 1.807) is 0 Å². The molecule has 0 saturated carbocycles. The highest BCUT2D eigenvalue weighted by Crippen LogP contribution is 2.13. The van der Waals surface area contributed by atoms with Gasteiger partial charge in [-0.25, -0.2) is 13.5 Å². The Labute approximate surface area is 106 Å². The highest BCUT2D eigenvalue weighted by molar-refractivity contribution is 5.18. The highest BCUT2D eigenvalue weighted by atomic mass is 19.3. The molecule has 19 heavy (non-hydrogen) atoms. The lowest BCUT2D eigenvalue weighted by Crippen LogP contribution is -2.17. The van der Waals surface area contributed by atoms with Crippen molar-refractivity contribution >= 4 is 0 Å². The number of hydrogen-bond acceptors (Lipinski definition) is 2. The van der Waals surface area contributed by atoms with Gasteiger partial charge in [0.1, 0.15) is 0 Å². The van der Waals surface area contributed by atoms with E-state index in [1.165, 1.54) is 24.4 Å². The smallest absolute Gasteiger partial charge is 0.307 e. The van der Waals surface area contributed by atoms with Crippen molar-refractivity contribution < 1.29 is 17.6 Å². The van der Waals surface area contributed by atoms with Crippen molar-refractivity contribution in [3.8, 4) is 0 Å². The molecular formula is C12H11F4N3. The third kappa shape index (κ3) is 3.11. The third-order valence-electron chi connectivity index (χ3n) is 2.59. The summed E-state index contributed by atoms with van der Waals surface area (Å²) in [5, 5.41) is 6.23. The SMILES string of the molecule is Fc1cccc(CNCc2ccnn2C(F)F)c1F. The maximum Gasteiger partial charge on any atom is 0.333 e. The van der Waals surface area contributed by atoms with Crippen LogP contribution < -0.4 is 5.32 Å². The molecule has 0 unspecified atom stereocenters. The molecule has 102 valence electrons. The minimum Gasteiger partial charge on any atom is -0.307 e. The van der Waals surface area contributed by atoms with E-state index in [1.807, 2.05) is 0 Å². The van der Waals surface area contributed by atoms with Gasteiger partial charge in [-0.05, 0) is 12.1 Å². The van der Waals surface area contributed by atoms with Crippen LogP contribution in [0.4, 0.5) is 17.6 Å². The predicted molar refractivity (Wildman–Crippen MR) is 60.4 cm³/mol. The van der Waals surface area contributed by atoms with Crippen LogP contribution in [0.25, 0.3) is 0 Å². The predicted octanol–water partition coefficient (Wildman–Crippen LogP) is 2.85. The van der Waals surface area contributed by atoms with Gasteiger partial charge in [0.2, 0.25) is 0 Å². The Hall–Kier alpha value is -1.89. The first-order valence-electron chi connectivity index (χ1n) is 5.53. The molecule has 0 saturated heterocycles. The van der Waals surface area contributed by atoms with Gasteiger partial charge in [-0.15, -0.1) is 0 Å². The van der Waals surface area contributed by atoms with Crippen molar-refractivity contribution in [3.05, 3.63) is 53.4 Å². The molecule has 0 radical (unpaired) electrons. The van der Waals surface area contributed by atoms with Gasteiger partial charge >= 0.3 is 6.55 Å². The molecule has 2 rings (SSSR count). The third-order valence-corrected chi connectivity index (χ3v) is 2.59. The first-order chi connectivity index (χ1) is 9.09. The maximum absolute atomic E-state index is 13.3. The number of halogens is 4. The summed E-state index contributed by atoms with van der Waals surface area (Å²) in [6.45, 7) is -2.60. The number of aromatic nitrogens is 2. The zero-order valence-electron chi connectivity index (χ0n) is 9.78. The van der Waals surface area contributed by atoms with E-state index in [9.17, 15) is 17.6 Å². The molecule has 0 bridgehead atoms. The monoisotopic (exact) mass is 273 g/mol. The standard InChI is InChI=1S/C12H11F4N3/c13-10-3-1-2-8(11(10)14)6-17-7-9-4-5-18-19(9)12(15)16/h1-5,12,17H,6-7H2. The van der Waals surface area contributed by atoms with Crippen LogP contribution in [0.2, 0.25) is 0 Å². The van der Waals surface area contributed by atoms with Crippen LogP contribution in [-0.2, 0) is 13.1 Å². The van der Waals surface area contributed by atoms with E-state index < -0.39 is 18.2 Å². The van der Waals surface area contributed by atoms with Crippen LogP contribution in [-0.4, -0.2) is 9.78 Å². The molecule has 0 aliphatic rings. The molecular weight excluding hydrogens is 262 g/mol. The maximum atomic E-state index is 13.3. The lowest BCUT2D eigenvalue weighted by molar-refractivity contribution is 0.0531. The minimum absolute atomic E-state index is 0.0397. The summed E-state index contributed by atoms with van der Waals surface area (Å²) in [5.41, 5.74) is 0.412. The molecule has 1 N–H and O–H groups in total. The van der Waals surface area contributed by atoms with E-state index in [0.717, 1.165) is 6.07 Å². The Morgan fingerprint density at radius 3 is 2.68 bits per heavy atom. The van der Waals surface area contributed by atoms with E-state index in [4.69, 9.17) is 0 Å². The van der Waals surface area contributed by atoms with Gasteiger partial charge < -0.3 is 5.32 Å². The van der Waals surface area contributed by atoms with Crippen molar-refractivity contribution in [2.75, 3.05) is 0 Å². The molecule has 0 fully saturated rings. The fourth-order valence-electron chi connectivity index (χ4n) is 1.67. The van der Waals surface area contributed by atoms with E-state index >= 15 is 0 Å². The van der Waals surface area contributed by atoms with Crippen LogP contribution >= 0.6 is 0 Å². The Kier molecular flexibility index (Phi) is 4.16. The van der Waals surface area contributed by atoms with Gasteiger partial charge in [0.15, 0.2) is 11.6 Å². The molecule has 7 heteroatoms. The fraction of sp³-hybridized carbons (Fsp3) is 0.250. The molecule has 0 atom stereocenters. The normalized spacial score (nSPS) is 11.2. The molecule has 3 nitrogen and oxygen atoms in total. The van der Waals surface area contributed by atoms with Crippen LogP contribution in [0.1, 0.15) is 17.8 Å². The van der Waals surface area contributed by atoms with Crippen LogP contribution in [0.5, 0.6) is 0 Å². The molecule has 1 aromatic carbocycles. The molecule has 1 aromatic heterocycles. The minimum atomic E-state index is -2.72. The molecule has 0 aliphatic carbocycles. The highest BCUT2D eigenvalue weighted by Gasteiger charge is 2.12. The number of hydrogen-bond donors (Lipinski definition) is 1. The van der Waals surface area contributed by atoms with Crippen molar-refractivity contribution in [2.45, 2.75) is 19.6 Å². The second-order valence-electron chi connectivity index (χ2n) is 3.86. The fourth-order valence-corrected chi connectivity index (χ4v) is 1.67. The summed E-state index contributed by atoms with van der Waals surface area (Å²) < 4.78 is 51.8. The van der Waals surface area contributed by atoms with E-state index in [-0.39, 0.29) is 24.3 Å². The number of benzene rings is 1. The van der Waals surface area contributed by atoms with Gasteiger partial charge in [-0.2, -0.15) is 13.9 Å². The largest absolute Gasteiger partial charge is 0.333 e. The van der Waals surface area contributed by atoms with Crippen LogP contribution in [0.3, 0.4) is 0 Å². The lowest BCUT2D eigenvalue weighted by atomic mass is 10.2. The number of rotatable bonds is 5. The summed E-state index contributed by atoms with van der Waals surface area (Å²) >= 11 is 0. The summed E-state index contributed by atoms with van der Waals surface area (Å²) in [5.74, 6) is -1.87. The Bertz CT molecular complexity index is 554. The first kappa shape index (κ1) is 13.5. The Balaban J connectivity index is 1.97. The van der Waals surface area contributed by atoms with Gasteiger partial charge in [0.25, 0.3) is 0 Å².